The highest BCUT2D eigenvalue weighted by Gasteiger charge is 2.30. The molecule has 142 valence electrons. The Bertz CT molecular complexity index is 894. The maximum Gasteiger partial charge on any atom is 0.416 e. The molecule has 1 aromatic carbocycles. The molecule has 0 fully saturated rings. The number of anilines is 1. The summed E-state index contributed by atoms with van der Waals surface area (Å²) in [4.78, 5) is 13.4. The molecule has 6 nitrogen and oxygen atoms in total. The van der Waals surface area contributed by atoms with Crippen molar-refractivity contribution in [3.8, 4) is 0 Å². The first-order valence-corrected chi connectivity index (χ1v) is 9.52. The summed E-state index contributed by atoms with van der Waals surface area (Å²) >= 11 is 2.75. The molecule has 3 aromatic rings. The van der Waals surface area contributed by atoms with Gasteiger partial charge in [-0.1, -0.05) is 17.8 Å². The summed E-state index contributed by atoms with van der Waals surface area (Å²) in [6.45, 7) is 2.18. The summed E-state index contributed by atoms with van der Waals surface area (Å²) in [5, 5.41) is 16.0. The Hall–Kier alpha value is -2.40. The number of tetrazole rings is 1. The van der Waals surface area contributed by atoms with Crippen molar-refractivity contribution in [2.75, 3.05) is 5.32 Å². The number of hydrogen-bond donors (Lipinski definition) is 1. The number of halogens is 3. The highest BCUT2D eigenvalue weighted by Crippen LogP contribution is 2.30. The van der Waals surface area contributed by atoms with Gasteiger partial charge >= 0.3 is 6.18 Å². The van der Waals surface area contributed by atoms with E-state index in [2.05, 4.69) is 20.8 Å². The van der Waals surface area contributed by atoms with Crippen LogP contribution in [0.2, 0.25) is 0 Å². The number of amides is 1. The van der Waals surface area contributed by atoms with Crippen molar-refractivity contribution in [2.24, 2.45) is 0 Å². The Balaban J connectivity index is 1.61. The fraction of sp³-hybridized carbons (Fsp3) is 0.250. The average molecular weight is 413 g/mol. The Morgan fingerprint density at radius 2 is 2.04 bits per heavy atom. The van der Waals surface area contributed by atoms with Gasteiger partial charge in [0.25, 0.3) is 0 Å². The van der Waals surface area contributed by atoms with Gasteiger partial charge in [-0.05, 0) is 53.1 Å². The minimum atomic E-state index is -4.41. The third-order valence-corrected chi connectivity index (χ3v) is 5.45. The lowest BCUT2D eigenvalue weighted by Crippen LogP contribution is -2.23. The molecule has 0 aliphatic carbocycles. The van der Waals surface area contributed by atoms with Crippen LogP contribution in [0.3, 0.4) is 0 Å². The highest BCUT2D eigenvalue weighted by atomic mass is 32.2. The van der Waals surface area contributed by atoms with Gasteiger partial charge in [0.1, 0.15) is 0 Å². The van der Waals surface area contributed by atoms with Gasteiger partial charge in [-0.15, -0.1) is 16.4 Å². The first kappa shape index (κ1) is 19.4. The topological polar surface area (TPSA) is 72.7 Å². The van der Waals surface area contributed by atoms with Crippen molar-refractivity contribution in [1.29, 1.82) is 0 Å². The Labute approximate surface area is 160 Å². The molecule has 0 spiro atoms. The lowest BCUT2D eigenvalue weighted by Gasteiger charge is -2.12. The van der Waals surface area contributed by atoms with Crippen molar-refractivity contribution >= 4 is 34.7 Å². The van der Waals surface area contributed by atoms with Crippen LogP contribution >= 0.6 is 23.1 Å². The van der Waals surface area contributed by atoms with E-state index in [-0.39, 0.29) is 5.91 Å². The van der Waals surface area contributed by atoms with Gasteiger partial charge in [0.05, 0.1) is 17.4 Å². The number of thioether (sulfide) groups is 1. The van der Waals surface area contributed by atoms with E-state index in [0.717, 1.165) is 17.0 Å². The van der Waals surface area contributed by atoms with E-state index >= 15 is 0 Å². The number of nitrogens with zero attached hydrogens (tertiary/aromatic N) is 4. The maximum absolute atomic E-state index is 12.6. The molecule has 1 unspecified atom stereocenters. The molecule has 0 bridgehead atoms. The minimum Gasteiger partial charge on any atom is -0.325 e. The Kier molecular flexibility index (Phi) is 5.80. The quantitative estimate of drug-likeness (QED) is 0.620. The van der Waals surface area contributed by atoms with Crippen LogP contribution in [-0.2, 0) is 17.5 Å². The van der Waals surface area contributed by atoms with Gasteiger partial charge in [-0.3, -0.25) is 4.79 Å². The van der Waals surface area contributed by atoms with Crippen LogP contribution in [-0.4, -0.2) is 31.4 Å². The number of carbonyl (C=O) groups excluding carboxylic acids is 1. The van der Waals surface area contributed by atoms with E-state index in [1.165, 1.54) is 23.9 Å². The van der Waals surface area contributed by atoms with Crippen molar-refractivity contribution in [2.45, 2.75) is 30.1 Å². The summed E-state index contributed by atoms with van der Waals surface area (Å²) in [5.74, 6) is -0.356. The molecule has 0 radical (unpaired) electrons. The zero-order valence-corrected chi connectivity index (χ0v) is 15.6. The molecule has 1 atom stereocenters. The number of carbonyl (C=O) groups is 1. The standard InChI is InChI=1S/C16H14F3N5OS2/c1-10(14(25)20-12-6-4-11(5-7-12)16(17,18)19)27-15-21-22-23-24(15)9-13-3-2-8-26-13/h2-8,10H,9H2,1H3,(H,20,25). The fourth-order valence-electron chi connectivity index (χ4n) is 2.13. The van der Waals surface area contributed by atoms with Crippen LogP contribution in [0.4, 0.5) is 18.9 Å². The number of hydrogen-bond acceptors (Lipinski definition) is 6. The lowest BCUT2D eigenvalue weighted by molar-refractivity contribution is -0.137. The van der Waals surface area contributed by atoms with E-state index in [4.69, 9.17) is 0 Å². The number of nitrogens with one attached hydrogen (secondary N) is 1. The molecule has 0 saturated carbocycles. The molecule has 2 aromatic heterocycles. The molecule has 3 rings (SSSR count). The van der Waals surface area contributed by atoms with E-state index in [9.17, 15) is 18.0 Å². The normalized spacial score (nSPS) is 12.7. The number of alkyl halides is 3. The van der Waals surface area contributed by atoms with Crippen molar-refractivity contribution in [1.82, 2.24) is 20.2 Å². The van der Waals surface area contributed by atoms with Crippen molar-refractivity contribution < 1.29 is 18.0 Å². The second-order valence-corrected chi connectivity index (χ2v) is 7.86. The summed E-state index contributed by atoms with van der Waals surface area (Å²) in [6, 6.07) is 8.18. The van der Waals surface area contributed by atoms with E-state index in [0.29, 0.717) is 17.4 Å². The largest absolute Gasteiger partial charge is 0.416 e. The number of rotatable bonds is 6. The zero-order valence-electron chi connectivity index (χ0n) is 14.0. The predicted molar refractivity (Wildman–Crippen MR) is 96.6 cm³/mol. The molecule has 0 saturated heterocycles. The Morgan fingerprint density at radius 3 is 2.67 bits per heavy atom. The SMILES string of the molecule is CC(Sc1nnnn1Cc1cccs1)C(=O)Nc1ccc(C(F)(F)F)cc1. The summed E-state index contributed by atoms with van der Waals surface area (Å²) in [6.07, 6.45) is -4.41. The Morgan fingerprint density at radius 1 is 1.30 bits per heavy atom. The summed E-state index contributed by atoms with van der Waals surface area (Å²) in [5.41, 5.74) is -0.477. The van der Waals surface area contributed by atoms with Crippen molar-refractivity contribution in [3.63, 3.8) is 0 Å². The lowest BCUT2D eigenvalue weighted by atomic mass is 10.2. The summed E-state index contributed by atoms with van der Waals surface area (Å²) < 4.78 is 39.3. The third-order valence-electron chi connectivity index (χ3n) is 3.52. The second kappa shape index (κ2) is 8.09. The molecule has 0 aliphatic rings. The van der Waals surface area contributed by atoms with Crippen LogP contribution in [0, 0.1) is 0 Å². The smallest absolute Gasteiger partial charge is 0.325 e. The third kappa shape index (κ3) is 5.07. The predicted octanol–water partition coefficient (Wildman–Crippen LogP) is 3.92. The van der Waals surface area contributed by atoms with Gasteiger partial charge in [-0.25, -0.2) is 4.68 Å². The van der Waals surface area contributed by atoms with E-state index < -0.39 is 17.0 Å². The van der Waals surface area contributed by atoms with Crippen LogP contribution in [0.1, 0.15) is 17.4 Å². The zero-order chi connectivity index (χ0) is 19.4. The first-order valence-electron chi connectivity index (χ1n) is 7.76. The molecule has 2 heterocycles. The van der Waals surface area contributed by atoms with Gasteiger partial charge < -0.3 is 5.32 Å². The van der Waals surface area contributed by atoms with Gasteiger partial charge in [0, 0.05) is 10.6 Å². The van der Waals surface area contributed by atoms with Crippen LogP contribution in [0.15, 0.2) is 46.9 Å². The van der Waals surface area contributed by atoms with Gasteiger partial charge in [0.15, 0.2) is 0 Å². The summed E-state index contributed by atoms with van der Waals surface area (Å²) in [7, 11) is 0. The number of thiophene rings is 1. The van der Waals surface area contributed by atoms with Crippen LogP contribution in [0.25, 0.3) is 0 Å². The molecule has 11 heteroatoms. The van der Waals surface area contributed by atoms with Gasteiger partial charge in [-0.2, -0.15) is 13.2 Å². The molecular formula is C16H14F3N5OS2. The van der Waals surface area contributed by atoms with Crippen molar-refractivity contribution in [3.05, 3.63) is 52.2 Å². The molecule has 1 N–H and O–H groups in total. The van der Waals surface area contributed by atoms with E-state index in [1.807, 2.05) is 17.5 Å². The molecular weight excluding hydrogens is 399 g/mol. The van der Waals surface area contributed by atoms with Gasteiger partial charge in [0.2, 0.25) is 11.1 Å². The number of aromatic nitrogens is 4. The highest BCUT2D eigenvalue weighted by molar-refractivity contribution is 8.00. The minimum absolute atomic E-state index is 0.290. The maximum atomic E-state index is 12.6. The molecule has 0 aliphatic heterocycles. The number of benzene rings is 1. The molecule has 27 heavy (non-hydrogen) atoms. The van der Waals surface area contributed by atoms with Crippen LogP contribution < -0.4 is 5.32 Å². The average Bonchev–Trinajstić information content (AvgIpc) is 3.27. The van der Waals surface area contributed by atoms with E-state index in [1.54, 1.807) is 22.9 Å². The monoisotopic (exact) mass is 413 g/mol. The molecule has 1 amide bonds. The van der Waals surface area contributed by atoms with Crippen LogP contribution in [0.5, 0.6) is 0 Å². The first-order chi connectivity index (χ1) is 12.8. The fourth-order valence-corrected chi connectivity index (χ4v) is 3.60. The second-order valence-electron chi connectivity index (χ2n) is 5.52.